The summed E-state index contributed by atoms with van der Waals surface area (Å²) in [4.78, 5) is 16.5. The summed E-state index contributed by atoms with van der Waals surface area (Å²) >= 11 is 12.7. The van der Waals surface area contributed by atoms with Crippen LogP contribution in [-0.2, 0) is 6.54 Å². The monoisotopic (exact) mass is 478 g/mol. The summed E-state index contributed by atoms with van der Waals surface area (Å²) in [7, 11) is 0. The number of hydrogen-bond acceptors (Lipinski definition) is 3. The molecule has 24 heavy (non-hydrogen) atoms. The number of carbonyl (C=O) groups is 1. The molecule has 2 aromatic rings. The number of aromatic amines is 1. The molecule has 0 bridgehead atoms. The second-order valence-corrected chi connectivity index (χ2v) is 7.50. The molecule has 9 heteroatoms. The molecular weight excluding hydrogens is 466 g/mol. The fourth-order valence-electron chi connectivity index (χ4n) is 2.60. The Hall–Kier alpha value is -0.960. The summed E-state index contributed by atoms with van der Waals surface area (Å²) in [5.41, 5.74) is 1.26. The van der Waals surface area contributed by atoms with Gasteiger partial charge in [0.15, 0.2) is 5.69 Å². The minimum atomic E-state index is -0.338. The molecule has 1 aromatic heterocycles. The van der Waals surface area contributed by atoms with Gasteiger partial charge in [0.25, 0.3) is 5.91 Å². The van der Waals surface area contributed by atoms with E-state index in [0.717, 1.165) is 18.7 Å². The second kappa shape index (κ2) is 7.51. The van der Waals surface area contributed by atoms with Crippen molar-refractivity contribution in [1.82, 2.24) is 20.0 Å². The van der Waals surface area contributed by atoms with Crippen molar-refractivity contribution in [1.29, 1.82) is 0 Å². The average molecular weight is 481 g/mol. The Morgan fingerprint density at radius 2 is 2.00 bits per heavy atom. The minimum absolute atomic E-state index is 0.108. The summed E-state index contributed by atoms with van der Waals surface area (Å²) in [5.74, 6) is -0.446. The molecule has 0 unspecified atom stereocenters. The fourth-order valence-corrected chi connectivity index (χ4v) is 3.45. The van der Waals surface area contributed by atoms with Crippen LogP contribution in [0, 0.1) is 5.82 Å². The molecule has 1 aromatic carbocycles. The number of nitrogens with one attached hydrogen (secondary N) is 1. The molecule has 0 saturated carbocycles. The standard InChI is InChI=1S/C15H14Br2ClFN4O/c16-12-13(20-21-14(12)17)15(24)23-5-3-22(4-6-23)8-9-1-2-10(19)7-11(9)18/h1-2,7H,3-6,8H2,(H,20,21). The zero-order valence-electron chi connectivity index (χ0n) is 12.5. The van der Waals surface area contributed by atoms with E-state index in [2.05, 4.69) is 47.0 Å². The van der Waals surface area contributed by atoms with E-state index in [4.69, 9.17) is 11.6 Å². The molecule has 0 spiro atoms. The smallest absolute Gasteiger partial charge is 0.275 e. The van der Waals surface area contributed by atoms with Crippen molar-refractivity contribution >= 4 is 49.4 Å². The van der Waals surface area contributed by atoms with E-state index in [-0.39, 0.29) is 11.7 Å². The highest BCUT2D eigenvalue weighted by Gasteiger charge is 2.26. The number of nitrogens with zero attached hydrogens (tertiary/aromatic N) is 3. The number of H-pyrrole nitrogens is 1. The number of amides is 1. The minimum Gasteiger partial charge on any atom is -0.335 e. The largest absolute Gasteiger partial charge is 0.335 e. The zero-order chi connectivity index (χ0) is 17.3. The van der Waals surface area contributed by atoms with Crippen LogP contribution >= 0.6 is 43.5 Å². The molecule has 0 atom stereocenters. The highest BCUT2D eigenvalue weighted by Crippen LogP contribution is 2.25. The normalized spacial score (nSPS) is 15.8. The molecule has 3 rings (SSSR count). The van der Waals surface area contributed by atoms with Gasteiger partial charge in [0.2, 0.25) is 0 Å². The molecule has 1 aliphatic rings. The van der Waals surface area contributed by atoms with Crippen molar-refractivity contribution in [3.63, 3.8) is 0 Å². The Bertz CT molecular complexity index is 762. The van der Waals surface area contributed by atoms with Crippen LogP contribution < -0.4 is 0 Å². The van der Waals surface area contributed by atoms with Gasteiger partial charge in [-0.1, -0.05) is 17.7 Å². The summed E-state index contributed by atoms with van der Waals surface area (Å²) in [6.45, 7) is 3.30. The molecule has 1 fully saturated rings. The van der Waals surface area contributed by atoms with Gasteiger partial charge in [0.1, 0.15) is 10.4 Å². The summed E-state index contributed by atoms with van der Waals surface area (Å²) < 4.78 is 14.4. The van der Waals surface area contributed by atoms with Crippen LogP contribution in [0.3, 0.4) is 0 Å². The second-order valence-electron chi connectivity index (χ2n) is 5.50. The van der Waals surface area contributed by atoms with Crippen LogP contribution in [0.4, 0.5) is 4.39 Å². The van der Waals surface area contributed by atoms with Crippen LogP contribution in [0.1, 0.15) is 16.1 Å². The number of hydrogen-bond donors (Lipinski definition) is 1. The third-order valence-electron chi connectivity index (χ3n) is 3.94. The van der Waals surface area contributed by atoms with E-state index in [1.807, 2.05) is 0 Å². The van der Waals surface area contributed by atoms with E-state index in [9.17, 15) is 9.18 Å². The predicted octanol–water partition coefficient (Wildman–Crippen LogP) is 3.69. The lowest BCUT2D eigenvalue weighted by atomic mass is 10.2. The Kier molecular flexibility index (Phi) is 5.59. The average Bonchev–Trinajstić information content (AvgIpc) is 2.90. The molecule has 1 saturated heterocycles. The van der Waals surface area contributed by atoms with Gasteiger partial charge in [-0.25, -0.2) is 4.39 Å². The number of aromatic nitrogens is 2. The third-order valence-corrected chi connectivity index (χ3v) is 6.17. The Morgan fingerprint density at radius 3 is 2.58 bits per heavy atom. The quantitative estimate of drug-likeness (QED) is 0.729. The van der Waals surface area contributed by atoms with Crippen molar-refractivity contribution in [3.05, 3.63) is 49.4 Å². The number of benzene rings is 1. The Morgan fingerprint density at radius 1 is 1.29 bits per heavy atom. The highest BCUT2D eigenvalue weighted by atomic mass is 79.9. The van der Waals surface area contributed by atoms with Crippen molar-refractivity contribution in [2.75, 3.05) is 26.2 Å². The molecule has 0 radical (unpaired) electrons. The van der Waals surface area contributed by atoms with Gasteiger partial charge < -0.3 is 4.90 Å². The maximum absolute atomic E-state index is 13.1. The maximum Gasteiger partial charge on any atom is 0.275 e. The first-order valence-corrected chi connectivity index (χ1v) is 9.27. The lowest BCUT2D eigenvalue weighted by Crippen LogP contribution is -2.48. The van der Waals surface area contributed by atoms with Gasteiger partial charge >= 0.3 is 0 Å². The molecule has 5 nitrogen and oxygen atoms in total. The summed E-state index contributed by atoms with van der Waals surface area (Å²) in [5, 5.41) is 7.18. The predicted molar refractivity (Wildman–Crippen MR) is 96.6 cm³/mol. The van der Waals surface area contributed by atoms with Crippen LogP contribution in [0.15, 0.2) is 27.3 Å². The summed E-state index contributed by atoms with van der Waals surface area (Å²) in [6.07, 6.45) is 0. The maximum atomic E-state index is 13.1. The van der Waals surface area contributed by atoms with E-state index in [0.29, 0.717) is 39.4 Å². The van der Waals surface area contributed by atoms with Crippen molar-refractivity contribution in [3.8, 4) is 0 Å². The van der Waals surface area contributed by atoms with Gasteiger partial charge in [-0.15, -0.1) is 0 Å². The molecule has 2 heterocycles. The molecule has 128 valence electrons. The van der Waals surface area contributed by atoms with Crippen molar-refractivity contribution < 1.29 is 9.18 Å². The summed E-state index contributed by atoms with van der Waals surface area (Å²) in [6, 6.07) is 4.44. The van der Waals surface area contributed by atoms with E-state index in [1.54, 1.807) is 11.0 Å². The first-order valence-electron chi connectivity index (χ1n) is 7.30. The van der Waals surface area contributed by atoms with Gasteiger partial charge in [-0.3, -0.25) is 14.8 Å². The Labute approximate surface area is 160 Å². The van der Waals surface area contributed by atoms with Crippen LogP contribution in [-0.4, -0.2) is 52.1 Å². The first kappa shape index (κ1) is 17.8. The number of rotatable bonds is 3. The lowest BCUT2D eigenvalue weighted by Gasteiger charge is -2.34. The van der Waals surface area contributed by atoms with Crippen LogP contribution in [0.2, 0.25) is 5.02 Å². The topological polar surface area (TPSA) is 52.2 Å². The van der Waals surface area contributed by atoms with Gasteiger partial charge in [-0.05, 0) is 49.6 Å². The highest BCUT2D eigenvalue weighted by molar-refractivity contribution is 9.13. The molecule has 1 N–H and O–H groups in total. The SMILES string of the molecule is O=C(c1n[nH]c(Br)c1Br)N1CCN(Cc2ccc(F)cc2Cl)CC1. The van der Waals surface area contributed by atoms with Gasteiger partial charge in [0.05, 0.1) is 4.47 Å². The van der Waals surface area contributed by atoms with Crippen LogP contribution in [0.5, 0.6) is 0 Å². The van der Waals surface area contributed by atoms with Crippen molar-refractivity contribution in [2.45, 2.75) is 6.54 Å². The van der Waals surface area contributed by atoms with E-state index in [1.165, 1.54) is 12.1 Å². The zero-order valence-corrected chi connectivity index (χ0v) is 16.5. The Balaban J connectivity index is 1.59. The van der Waals surface area contributed by atoms with Gasteiger partial charge in [0, 0.05) is 37.7 Å². The molecule has 1 aliphatic heterocycles. The first-order chi connectivity index (χ1) is 11.5. The van der Waals surface area contributed by atoms with E-state index < -0.39 is 0 Å². The number of piperazine rings is 1. The third kappa shape index (κ3) is 3.82. The fraction of sp³-hybridized carbons (Fsp3) is 0.333. The lowest BCUT2D eigenvalue weighted by molar-refractivity contribution is 0.0621. The van der Waals surface area contributed by atoms with Crippen molar-refractivity contribution in [2.24, 2.45) is 0 Å². The van der Waals surface area contributed by atoms with Crippen LogP contribution in [0.25, 0.3) is 0 Å². The van der Waals surface area contributed by atoms with Gasteiger partial charge in [-0.2, -0.15) is 5.10 Å². The number of halogens is 4. The molecular formula is C15H14Br2ClFN4O. The number of carbonyl (C=O) groups excluding carboxylic acids is 1. The van der Waals surface area contributed by atoms with E-state index >= 15 is 0 Å². The molecule has 0 aliphatic carbocycles. The molecule has 1 amide bonds.